The van der Waals surface area contributed by atoms with Gasteiger partial charge in [0.15, 0.2) is 5.69 Å². The van der Waals surface area contributed by atoms with E-state index in [9.17, 15) is 4.79 Å². The summed E-state index contributed by atoms with van der Waals surface area (Å²) >= 11 is 7.07. The molecule has 88 valence electrons. The van der Waals surface area contributed by atoms with E-state index < -0.39 is 5.97 Å². The van der Waals surface area contributed by atoms with Gasteiger partial charge in [-0.25, -0.2) is 14.8 Å². The van der Waals surface area contributed by atoms with Crippen LogP contribution in [0.4, 0.5) is 10.8 Å². The van der Waals surface area contributed by atoms with E-state index in [0.29, 0.717) is 20.8 Å². The molecule has 0 aliphatic rings. The Morgan fingerprint density at radius 2 is 2.35 bits per heavy atom. The van der Waals surface area contributed by atoms with Crippen molar-refractivity contribution in [3.8, 4) is 0 Å². The molecule has 0 spiro atoms. The Balaban J connectivity index is 2.32. The molecule has 7 heteroatoms. The Morgan fingerprint density at radius 1 is 1.59 bits per heavy atom. The summed E-state index contributed by atoms with van der Waals surface area (Å²) < 4.78 is 0. The van der Waals surface area contributed by atoms with Crippen LogP contribution >= 0.6 is 22.9 Å². The zero-order valence-corrected chi connectivity index (χ0v) is 10.3. The van der Waals surface area contributed by atoms with Crippen molar-refractivity contribution >= 4 is 39.7 Å². The molecule has 0 saturated heterocycles. The van der Waals surface area contributed by atoms with Crippen molar-refractivity contribution in [2.24, 2.45) is 0 Å². The molecule has 0 saturated carbocycles. The van der Waals surface area contributed by atoms with Crippen molar-refractivity contribution in [3.63, 3.8) is 0 Å². The monoisotopic (exact) mass is 269 g/mol. The fourth-order valence-corrected chi connectivity index (χ4v) is 2.22. The number of carbonyl (C=O) groups is 1. The summed E-state index contributed by atoms with van der Waals surface area (Å²) in [5.74, 6) is -0.581. The van der Waals surface area contributed by atoms with Crippen molar-refractivity contribution in [2.45, 2.75) is 6.92 Å². The molecule has 17 heavy (non-hydrogen) atoms. The lowest BCUT2D eigenvalue weighted by Gasteiger charge is -2.03. The number of halogens is 1. The lowest BCUT2D eigenvalue weighted by Crippen LogP contribution is -2.01. The summed E-state index contributed by atoms with van der Waals surface area (Å²) in [6, 6.07) is 3.25. The highest BCUT2D eigenvalue weighted by atomic mass is 35.5. The van der Waals surface area contributed by atoms with Crippen molar-refractivity contribution in [1.29, 1.82) is 0 Å². The first-order valence-corrected chi connectivity index (χ1v) is 5.85. The largest absolute Gasteiger partial charge is 0.476 e. The molecule has 0 radical (unpaired) electrons. The van der Waals surface area contributed by atoms with Crippen molar-refractivity contribution in [1.82, 2.24) is 9.97 Å². The van der Waals surface area contributed by atoms with Gasteiger partial charge in [0.25, 0.3) is 0 Å². The van der Waals surface area contributed by atoms with Crippen molar-refractivity contribution in [2.75, 3.05) is 5.32 Å². The first-order chi connectivity index (χ1) is 8.06. The number of nitrogens with zero attached hydrogens (tertiary/aromatic N) is 2. The Labute approximate surface area is 106 Å². The standard InChI is InChI=1S/C10H8ClN3O2S/c1-5-13-8(10(15)16)9(17-5)14-7-4-6(11)2-3-12-7/h2-4H,1H3,(H,12,14)(H,15,16). The van der Waals surface area contributed by atoms with Crippen LogP contribution in [-0.4, -0.2) is 21.0 Å². The van der Waals surface area contributed by atoms with Crippen LogP contribution < -0.4 is 5.32 Å². The van der Waals surface area contributed by atoms with Crippen LogP contribution in [0.3, 0.4) is 0 Å². The number of rotatable bonds is 3. The van der Waals surface area contributed by atoms with E-state index in [1.165, 1.54) is 11.3 Å². The number of pyridine rings is 1. The number of aromatic carboxylic acids is 1. The number of carboxylic acid groups (broad SMARTS) is 1. The van der Waals surface area contributed by atoms with Crippen LogP contribution in [0.15, 0.2) is 18.3 Å². The second-order valence-corrected chi connectivity index (χ2v) is 4.84. The fraction of sp³-hybridized carbons (Fsp3) is 0.100. The van der Waals surface area contributed by atoms with E-state index in [-0.39, 0.29) is 5.69 Å². The van der Waals surface area contributed by atoms with Gasteiger partial charge in [-0.05, 0) is 19.1 Å². The minimum Gasteiger partial charge on any atom is -0.476 e. The van der Waals surface area contributed by atoms with Crippen LogP contribution in [0, 0.1) is 6.92 Å². The van der Waals surface area contributed by atoms with E-state index in [1.807, 2.05) is 0 Å². The van der Waals surface area contributed by atoms with E-state index in [0.717, 1.165) is 0 Å². The normalized spacial score (nSPS) is 10.2. The van der Waals surface area contributed by atoms with E-state index in [4.69, 9.17) is 16.7 Å². The molecule has 2 N–H and O–H groups in total. The maximum atomic E-state index is 10.9. The number of anilines is 2. The molecule has 2 heterocycles. The van der Waals surface area contributed by atoms with Crippen LogP contribution in [0.1, 0.15) is 15.5 Å². The highest BCUT2D eigenvalue weighted by Gasteiger charge is 2.16. The maximum absolute atomic E-state index is 10.9. The van der Waals surface area contributed by atoms with Gasteiger partial charge in [-0.2, -0.15) is 0 Å². The van der Waals surface area contributed by atoms with Gasteiger partial charge in [0.05, 0.1) is 5.01 Å². The van der Waals surface area contributed by atoms with Gasteiger partial charge in [0, 0.05) is 11.2 Å². The van der Waals surface area contributed by atoms with Crippen LogP contribution in [0.5, 0.6) is 0 Å². The van der Waals surface area contributed by atoms with Crippen LogP contribution in [0.25, 0.3) is 0 Å². The zero-order chi connectivity index (χ0) is 12.4. The quantitative estimate of drug-likeness (QED) is 0.896. The second kappa shape index (κ2) is 4.68. The second-order valence-electron chi connectivity index (χ2n) is 3.20. The fourth-order valence-electron chi connectivity index (χ4n) is 1.25. The van der Waals surface area contributed by atoms with Gasteiger partial charge in [0.1, 0.15) is 10.8 Å². The minimum absolute atomic E-state index is 0.00530. The molecule has 0 aliphatic carbocycles. The topological polar surface area (TPSA) is 75.1 Å². The molecule has 0 bridgehead atoms. The molecule has 0 fully saturated rings. The molecular formula is C10H8ClN3O2S. The number of aryl methyl sites for hydroxylation is 1. The Hall–Kier alpha value is -1.66. The molecule has 0 atom stereocenters. The average molecular weight is 270 g/mol. The van der Waals surface area contributed by atoms with Crippen molar-refractivity contribution in [3.05, 3.63) is 34.1 Å². The number of nitrogens with one attached hydrogen (secondary N) is 1. The number of hydrogen-bond acceptors (Lipinski definition) is 5. The van der Waals surface area contributed by atoms with Crippen LogP contribution in [0.2, 0.25) is 5.02 Å². The Bertz CT molecular complexity index is 570. The van der Waals surface area contributed by atoms with Gasteiger partial charge in [0.2, 0.25) is 0 Å². The molecule has 2 rings (SSSR count). The van der Waals surface area contributed by atoms with E-state index in [2.05, 4.69) is 15.3 Å². The molecule has 0 amide bonds. The Kier molecular flexibility index (Phi) is 3.26. The molecule has 2 aromatic heterocycles. The number of thiazole rings is 1. The lowest BCUT2D eigenvalue weighted by atomic mass is 10.4. The minimum atomic E-state index is -1.07. The van der Waals surface area contributed by atoms with Gasteiger partial charge in [-0.1, -0.05) is 11.6 Å². The highest BCUT2D eigenvalue weighted by Crippen LogP contribution is 2.27. The maximum Gasteiger partial charge on any atom is 0.357 e. The molecule has 2 aromatic rings. The average Bonchev–Trinajstić information content (AvgIpc) is 2.59. The zero-order valence-electron chi connectivity index (χ0n) is 8.77. The summed E-state index contributed by atoms with van der Waals surface area (Å²) in [5, 5.41) is 13.5. The molecule has 5 nitrogen and oxygen atoms in total. The predicted molar refractivity (Wildman–Crippen MR) is 66.3 cm³/mol. The number of aromatic nitrogens is 2. The number of carboxylic acids is 1. The first-order valence-electron chi connectivity index (χ1n) is 4.65. The van der Waals surface area contributed by atoms with Crippen molar-refractivity contribution < 1.29 is 9.90 Å². The van der Waals surface area contributed by atoms with Gasteiger partial charge in [-0.3, -0.25) is 0 Å². The van der Waals surface area contributed by atoms with Crippen LogP contribution in [-0.2, 0) is 0 Å². The van der Waals surface area contributed by atoms with Gasteiger partial charge in [-0.15, -0.1) is 11.3 Å². The smallest absolute Gasteiger partial charge is 0.357 e. The molecule has 0 aromatic carbocycles. The third kappa shape index (κ3) is 2.72. The summed E-state index contributed by atoms with van der Waals surface area (Å²) in [6.07, 6.45) is 1.54. The molecular weight excluding hydrogens is 262 g/mol. The summed E-state index contributed by atoms with van der Waals surface area (Å²) in [6.45, 7) is 1.74. The lowest BCUT2D eigenvalue weighted by molar-refractivity contribution is 0.0692. The third-order valence-electron chi connectivity index (χ3n) is 1.90. The summed E-state index contributed by atoms with van der Waals surface area (Å²) in [5.41, 5.74) is -0.00530. The Morgan fingerprint density at radius 3 is 3.00 bits per heavy atom. The van der Waals surface area contributed by atoms with Gasteiger partial charge < -0.3 is 10.4 Å². The van der Waals surface area contributed by atoms with E-state index >= 15 is 0 Å². The summed E-state index contributed by atoms with van der Waals surface area (Å²) in [7, 11) is 0. The molecule has 0 unspecified atom stereocenters. The highest BCUT2D eigenvalue weighted by molar-refractivity contribution is 7.16. The molecule has 0 aliphatic heterocycles. The first kappa shape index (κ1) is 11.8. The van der Waals surface area contributed by atoms with Gasteiger partial charge >= 0.3 is 5.97 Å². The third-order valence-corrected chi connectivity index (χ3v) is 3.02. The number of hydrogen-bond donors (Lipinski definition) is 2. The summed E-state index contributed by atoms with van der Waals surface area (Å²) in [4.78, 5) is 18.9. The van der Waals surface area contributed by atoms with E-state index in [1.54, 1.807) is 25.3 Å². The predicted octanol–water partition coefficient (Wildman–Crippen LogP) is 2.94. The SMILES string of the molecule is Cc1nc(C(=O)O)c(Nc2cc(Cl)ccn2)s1.